The number of allylic oxidation sites excluding steroid dienone is 1. The summed E-state index contributed by atoms with van der Waals surface area (Å²) < 4.78 is 0. The maximum absolute atomic E-state index is 12.7. The summed E-state index contributed by atoms with van der Waals surface area (Å²) in [6.07, 6.45) is 6.37. The zero-order valence-electron chi connectivity index (χ0n) is 14.5. The molecule has 2 nitrogen and oxygen atoms in total. The van der Waals surface area contributed by atoms with Crippen LogP contribution in [0, 0.1) is 17.8 Å². The number of ketones is 1. The van der Waals surface area contributed by atoms with Crippen LogP contribution >= 0.6 is 0 Å². The van der Waals surface area contributed by atoms with Crippen molar-refractivity contribution in [2.24, 2.45) is 17.8 Å². The molecule has 0 bridgehead atoms. The van der Waals surface area contributed by atoms with E-state index in [1.54, 1.807) is 0 Å². The second kappa shape index (κ2) is 8.06. The minimum Gasteiger partial charge on any atom is -0.303 e. The second-order valence-corrected chi connectivity index (χ2v) is 6.77. The molecule has 2 aromatic rings. The van der Waals surface area contributed by atoms with Crippen LogP contribution in [-0.4, -0.2) is 12.1 Å². The molecule has 0 N–H and O–H groups in total. The molecule has 0 unspecified atom stereocenters. The van der Waals surface area contributed by atoms with Gasteiger partial charge in [-0.05, 0) is 23.5 Å². The van der Waals surface area contributed by atoms with Crippen molar-refractivity contribution in [2.75, 3.05) is 0 Å². The number of hydrogen-bond acceptors (Lipinski definition) is 2. The van der Waals surface area contributed by atoms with E-state index in [1.807, 2.05) is 79.7 Å². The highest BCUT2D eigenvalue weighted by Crippen LogP contribution is 2.44. The van der Waals surface area contributed by atoms with Gasteiger partial charge in [0.2, 0.25) is 0 Å². The Kier molecular flexibility index (Phi) is 5.60. The van der Waals surface area contributed by atoms with Crippen molar-refractivity contribution in [1.82, 2.24) is 0 Å². The Balaban J connectivity index is 1.93. The van der Waals surface area contributed by atoms with Gasteiger partial charge >= 0.3 is 0 Å². The highest BCUT2D eigenvalue weighted by Gasteiger charge is 2.42. The van der Waals surface area contributed by atoms with Crippen molar-refractivity contribution in [3.05, 3.63) is 77.9 Å². The Labute approximate surface area is 149 Å². The first-order chi connectivity index (χ1) is 12.2. The van der Waals surface area contributed by atoms with Gasteiger partial charge in [-0.15, -0.1) is 0 Å². The van der Waals surface area contributed by atoms with E-state index in [4.69, 9.17) is 0 Å². The first kappa shape index (κ1) is 17.3. The zero-order valence-corrected chi connectivity index (χ0v) is 14.5. The molecule has 128 valence electrons. The lowest BCUT2D eigenvalue weighted by atomic mass is 9.63. The van der Waals surface area contributed by atoms with E-state index in [1.165, 1.54) is 0 Å². The molecule has 2 heteroatoms. The topological polar surface area (TPSA) is 34.1 Å². The van der Waals surface area contributed by atoms with Gasteiger partial charge in [0, 0.05) is 24.2 Å². The number of hydrogen-bond donors (Lipinski definition) is 0. The Bertz CT molecular complexity index is 733. The third-order valence-electron chi connectivity index (χ3n) is 5.31. The first-order valence-electron chi connectivity index (χ1n) is 9.00. The number of carbonyl (C=O) groups excluding carboxylic acids is 2. The predicted octanol–water partition coefficient (Wildman–Crippen LogP) is 4.91. The number of Topliss-reactive ketones (excluding diaryl/α,β-unsaturated/α-hetero) is 1. The van der Waals surface area contributed by atoms with E-state index in [0.717, 1.165) is 23.8 Å². The number of benzene rings is 2. The molecule has 25 heavy (non-hydrogen) atoms. The molecule has 0 radical (unpaired) electrons. The van der Waals surface area contributed by atoms with Gasteiger partial charge < -0.3 is 4.79 Å². The molecule has 1 saturated carbocycles. The summed E-state index contributed by atoms with van der Waals surface area (Å²) in [7, 11) is 0. The van der Waals surface area contributed by atoms with Gasteiger partial charge in [0.1, 0.15) is 12.1 Å². The second-order valence-electron chi connectivity index (χ2n) is 6.77. The highest BCUT2D eigenvalue weighted by molar-refractivity contribution is 5.85. The summed E-state index contributed by atoms with van der Waals surface area (Å²) >= 11 is 0. The van der Waals surface area contributed by atoms with Gasteiger partial charge in [-0.25, -0.2) is 0 Å². The average molecular weight is 332 g/mol. The van der Waals surface area contributed by atoms with Crippen molar-refractivity contribution in [2.45, 2.75) is 25.7 Å². The van der Waals surface area contributed by atoms with Crippen LogP contribution in [0.4, 0.5) is 0 Å². The van der Waals surface area contributed by atoms with Crippen molar-refractivity contribution < 1.29 is 9.59 Å². The fraction of sp³-hybridized carbons (Fsp3) is 0.304. The minimum atomic E-state index is -0.162. The molecule has 1 fully saturated rings. The minimum absolute atomic E-state index is 0.0321. The molecule has 4 atom stereocenters. The number of rotatable bonds is 5. The first-order valence-corrected chi connectivity index (χ1v) is 9.00. The molecule has 3 rings (SSSR count). The molecular weight excluding hydrogens is 308 g/mol. The molecule has 0 saturated heterocycles. The molecule has 0 amide bonds. The monoisotopic (exact) mass is 332 g/mol. The summed E-state index contributed by atoms with van der Waals surface area (Å²) in [5.74, 6) is -0.0327. The highest BCUT2D eigenvalue weighted by atomic mass is 16.1. The fourth-order valence-corrected chi connectivity index (χ4v) is 4.05. The number of carbonyl (C=O) groups is 2. The van der Waals surface area contributed by atoms with Crippen molar-refractivity contribution in [1.29, 1.82) is 0 Å². The summed E-state index contributed by atoms with van der Waals surface area (Å²) in [5.41, 5.74) is 2.19. The van der Waals surface area contributed by atoms with Gasteiger partial charge in [-0.2, -0.15) is 0 Å². The van der Waals surface area contributed by atoms with Gasteiger partial charge in [-0.1, -0.05) is 79.7 Å². The average Bonchev–Trinajstić information content (AvgIpc) is 2.67. The van der Waals surface area contributed by atoms with Crippen LogP contribution in [0.25, 0.3) is 6.08 Å². The standard InChI is InChI=1S/C23H24O2/c1-2-20-22(25)15-19(14-13-17-9-5-3-6-10-17)21(16-24)23(20)18-11-7-4-8-12-18/h3-14,16,19-21,23H,2,15H2,1H3/b14-13+/t19-,20-,21+,23+/m1/s1. The van der Waals surface area contributed by atoms with Crippen LogP contribution in [-0.2, 0) is 9.59 Å². The molecule has 0 heterocycles. The van der Waals surface area contributed by atoms with E-state index >= 15 is 0 Å². The Morgan fingerprint density at radius 2 is 1.64 bits per heavy atom. The Hall–Kier alpha value is -2.48. The lowest BCUT2D eigenvalue weighted by molar-refractivity contribution is -0.130. The van der Waals surface area contributed by atoms with E-state index in [9.17, 15) is 9.59 Å². The van der Waals surface area contributed by atoms with Gasteiger partial charge in [0.25, 0.3) is 0 Å². The van der Waals surface area contributed by atoms with Gasteiger partial charge in [0.05, 0.1) is 0 Å². The lowest BCUT2D eigenvalue weighted by Crippen LogP contribution is -2.39. The third kappa shape index (κ3) is 3.79. The van der Waals surface area contributed by atoms with E-state index in [2.05, 4.69) is 0 Å². The van der Waals surface area contributed by atoms with Crippen LogP contribution in [0.15, 0.2) is 66.7 Å². The summed E-state index contributed by atoms with van der Waals surface area (Å²) in [6.45, 7) is 2.04. The summed E-state index contributed by atoms with van der Waals surface area (Å²) in [5, 5.41) is 0. The third-order valence-corrected chi connectivity index (χ3v) is 5.31. The summed E-state index contributed by atoms with van der Waals surface area (Å²) in [6, 6.07) is 20.0. The Morgan fingerprint density at radius 1 is 1.00 bits per heavy atom. The molecule has 1 aliphatic carbocycles. The molecule has 0 aliphatic heterocycles. The van der Waals surface area contributed by atoms with Crippen LogP contribution in [0.2, 0.25) is 0 Å². The molecular formula is C23H24O2. The van der Waals surface area contributed by atoms with Gasteiger partial charge in [0.15, 0.2) is 0 Å². The van der Waals surface area contributed by atoms with Crippen LogP contribution in [0.3, 0.4) is 0 Å². The fourth-order valence-electron chi connectivity index (χ4n) is 4.05. The normalized spacial score (nSPS) is 26.7. The molecule has 2 aromatic carbocycles. The SMILES string of the molecule is CC[C@@H]1C(=O)C[C@@H](/C=C/c2ccccc2)[C@H](C=O)[C@H]1c1ccccc1. The van der Waals surface area contributed by atoms with Crippen molar-refractivity contribution in [3.63, 3.8) is 0 Å². The zero-order chi connectivity index (χ0) is 17.6. The van der Waals surface area contributed by atoms with Gasteiger partial charge in [-0.3, -0.25) is 4.79 Å². The summed E-state index contributed by atoms with van der Waals surface area (Å²) in [4.78, 5) is 24.7. The van der Waals surface area contributed by atoms with E-state index in [0.29, 0.717) is 6.42 Å². The maximum Gasteiger partial charge on any atom is 0.137 e. The van der Waals surface area contributed by atoms with Crippen LogP contribution < -0.4 is 0 Å². The number of aldehydes is 1. The predicted molar refractivity (Wildman–Crippen MR) is 101 cm³/mol. The molecule has 1 aliphatic rings. The van der Waals surface area contributed by atoms with E-state index < -0.39 is 0 Å². The maximum atomic E-state index is 12.7. The van der Waals surface area contributed by atoms with E-state index in [-0.39, 0.29) is 29.5 Å². The Morgan fingerprint density at radius 3 is 2.24 bits per heavy atom. The smallest absolute Gasteiger partial charge is 0.137 e. The largest absolute Gasteiger partial charge is 0.303 e. The quantitative estimate of drug-likeness (QED) is 0.729. The lowest BCUT2D eigenvalue weighted by Gasteiger charge is -2.39. The van der Waals surface area contributed by atoms with Crippen LogP contribution in [0.1, 0.15) is 36.8 Å². The van der Waals surface area contributed by atoms with Crippen molar-refractivity contribution >= 4 is 18.1 Å². The van der Waals surface area contributed by atoms with Crippen LogP contribution in [0.5, 0.6) is 0 Å². The molecule has 0 spiro atoms. The molecule has 0 aromatic heterocycles. The van der Waals surface area contributed by atoms with Crippen molar-refractivity contribution in [3.8, 4) is 0 Å².